The molecule has 134 valence electrons. The summed E-state index contributed by atoms with van der Waals surface area (Å²) in [5, 5.41) is 16.3. The molecular weight excluding hydrogens is 365 g/mol. The zero-order valence-electron chi connectivity index (χ0n) is 13.4. The second-order valence-corrected chi connectivity index (χ2v) is 7.54. The summed E-state index contributed by atoms with van der Waals surface area (Å²) in [4.78, 5) is 23.5. The predicted octanol–water partition coefficient (Wildman–Crippen LogP) is 1.08. The minimum atomic E-state index is -3.52. The molecule has 26 heavy (non-hydrogen) atoms. The van der Waals surface area contributed by atoms with Crippen molar-refractivity contribution in [3.63, 3.8) is 0 Å². The first-order chi connectivity index (χ1) is 12.2. The number of hydrogen-bond acceptors (Lipinski definition) is 6. The summed E-state index contributed by atoms with van der Waals surface area (Å²) in [6.07, 6.45) is 2.02. The average Bonchev–Trinajstić information content (AvgIpc) is 2.57. The van der Waals surface area contributed by atoms with Gasteiger partial charge in [0.2, 0.25) is 5.43 Å². The number of halogens is 1. The topological polar surface area (TPSA) is 119 Å². The molecule has 0 bridgehead atoms. The van der Waals surface area contributed by atoms with Crippen LogP contribution in [0.3, 0.4) is 0 Å². The number of carboxylic acid groups (broad SMARTS) is 1. The average molecular weight is 377 g/mol. The van der Waals surface area contributed by atoms with Gasteiger partial charge in [-0.2, -0.15) is 5.10 Å². The van der Waals surface area contributed by atoms with Crippen LogP contribution in [0.4, 0.5) is 4.39 Å². The Labute approximate surface area is 146 Å². The number of benzene rings is 1. The number of para-hydroxylation sites is 1. The number of aromatic carboxylic acids is 1. The van der Waals surface area contributed by atoms with Crippen molar-refractivity contribution >= 4 is 26.7 Å². The van der Waals surface area contributed by atoms with E-state index in [1.807, 2.05) is 0 Å². The van der Waals surface area contributed by atoms with E-state index in [1.165, 1.54) is 28.8 Å². The highest BCUT2D eigenvalue weighted by molar-refractivity contribution is 7.90. The fraction of sp³-hybridized carbons (Fsp3) is 0.125. The van der Waals surface area contributed by atoms with Crippen molar-refractivity contribution in [3.8, 4) is 0 Å². The lowest BCUT2D eigenvalue weighted by molar-refractivity contribution is 0.0694. The molecule has 0 spiro atoms. The van der Waals surface area contributed by atoms with Gasteiger partial charge in [-0.15, -0.1) is 5.10 Å². The Balaban J connectivity index is 2.17. The highest BCUT2D eigenvalue weighted by atomic mass is 32.2. The Kier molecular flexibility index (Phi) is 4.28. The van der Waals surface area contributed by atoms with Gasteiger partial charge in [0.05, 0.1) is 17.8 Å². The number of pyridine rings is 1. The van der Waals surface area contributed by atoms with Crippen LogP contribution in [0.2, 0.25) is 0 Å². The summed E-state index contributed by atoms with van der Waals surface area (Å²) in [5.41, 5.74) is -1.11. The lowest BCUT2D eigenvalue weighted by Gasteiger charge is -2.12. The molecule has 0 unspecified atom stereocenters. The number of carbonyl (C=O) groups is 1. The third-order valence-electron chi connectivity index (χ3n) is 3.69. The number of nitrogens with zero attached hydrogens (tertiary/aromatic N) is 3. The van der Waals surface area contributed by atoms with E-state index in [2.05, 4.69) is 10.2 Å². The maximum atomic E-state index is 14.3. The van der Waals surface area contributed by atoms with Crippen molar-refractivity contribution in [2.45, 2.75) is 11.6 Å². The normalized spacial score (nSPS) is 11.6. The van der Waals surface area contributed by atoms with E-state index in [1.54, 1.807) is 0 Å². The van der Waals surface area contributed by atoms with Crippen LogP contribution in [-0.2, 0) is 16.4 Å². The summed E-state index contributed by atoms with van der Waals surface area (Å²) in [6, 6.07) is 6.43. The third-order valence-corrected chi connectivity index (χ3v) is 4.66. The summed E-state index contributed by atoms with van der Waals surface area (Å²) >= 11 is 0. The summed E-state index contributed by atoms with van der Waals surface area (Å²) < 4.78 is 38.3. The molecule has 0 aliphatic rings. The number of fused-ring (bicyclic) bond motifs is 1. The fourth-order valence-electron chi connectivity index (χ4n) is 2.50. The van der Waals surface area contributed by atoms with Crippen LogP contribution in [0.25, 0.3) is 10.9 Å². The minimum absolute atomic E-state index is 0.0727. The largest absolute Gasteiger partial charge is 0.477 e. The van der Waals surface area contributed by atoms with E-state index >= 15 is 0 Å². The van der Waals surface area contributed by atoms with Gasteiger partial charge in [0.1, 0.15) is 11.4 Å². The van der Waals surface area contributed by atoms with Gasteiger partial charge in [-0.1, -0.05) is 6.07 Å². The summed E-state index contributed by atoms with van der Waals surface area (Å²) in [5.74, 6) is -2.13. The van der Waals surface area contributed by atoms with E-state index in [9.17, 15) is 27.5 Å². The zero-order valence-corrected chi connectivity index (χ0v) is 14.2. The Bertz CT molecular complexity index is 1190. The van der Waals surface area contributed by atoms with Gasteiger partial charge in [-0.25, -0.2) is 17.6 Å². The van der Waals surface area contributed by atoms with Crippen LogP contribution in [0, 0.1) is 5.82 Å². The molecule has 8 nitrogen and oxygen atoms in total. The van der Waals surface area contributed by atoms with E-state index < -0.39 is 32.6 Å². The lowest BCUT2D eigenvalue weighted by atomic mass is 10.1. The molecule has 1 aromatic carbocycles. The first-order valence-corrected chi connectivity index (χ1v) is 9.15. The molecule has 0 amide bonds. The van der Waals surface area contributed by atoms with Crippen LogP contribution in [0.15, 0.2) is 46.3 Å². The van der Waals surface area contributed by atoms with Crippen molar-refractivity contribution in [1.29, 1.82) is 0 Å². The minimum Gasteiger partial charge on any atom is -0.477 e. The van der Waals surface area contributed by atoms with Gasteiger partial charge >= 0.3 is 5.97 Å². The molecule has 10 heteroatoms. The van der Waals surface area contributed by atoms with Crippen molar-refractivity contribution in [2.75, 3.05) is 6.26 Å². The Hall–Kier alpha value is -3.14. The smallest absolute Gasteiger partial charge is 0.341 e. The quantitative estimate of drug-likeness (QED) is 0.722. The lowest BCUT2D eigenvalue weighted by Crippen LogP contribution is -2.20. The van der Waals surface area contributed by atoms with E-state index in [-0.39, 0.29) is 28.2 Å². The number of rotatable bonds is 4. The molecule has 0 fully saturated rings. The summed E-state index contributed by atoms with van der Waals surface area (Å²) in [6.45, 7) is -0.102. The van der Waals surface area contributed by atoms with Gasteiger partial charge in [-0.3, -0.25) is 4.79 Å². The van der Waals surface area contributed by atoms with Crippen LogP contribution in [0.5, 0.6) is 0 Å². The molecule has 0 aliphatic carbocycles. The van der Waals surface area contributed by atoms with Crippen LogP contribution in [0.1, 0.15) is 16.1 Å². The molecule has 3 aromatic rings. The molecule has 0 atom stereocenters. The first-order valence-electron chi connectivity index (χ1n) is 7.26. The molecule has 0 radical (unpaired) electrons. The van der Waals surface area contributed by atoms with Crippen molar-refractivity contribution in [3.05, 3.63) is 63.8 Å². The molecule has 2 aromatic heterocycles. The molecule has 1 N–H and O–H groups in total. The van der Waals surface area contributed by atoms with Crippen molar-refractivity contribution in [2.24, 2.45) is 0 Å². The number of aromatic nitrogens is 3. The molecule has 2 heterocycles. The van der Waals surface area contributed by atoms with Gasteiger partial charge < -0.3 is 9.67 Å². The van der Waals surface area contributed by atoms with E-state index in [0.717, 1.165) is 18.5 Å². The second kappa shape index (κ2) is 6.30. The summed E-state index contributed by atoms with van der Waals surface area (Å²) in [7, 11) is -3.52. The highest BCUT2D eigenvalue weighted by Crippen LogP contribution is 2.17. The van der Waals surface area contributed by atoms with Crippen molar-refractivity contribution < 1.29 is 22.7 Å². The standard InChI is InChI=1S/C16H12FN3O5S/c1-26(24,25)13-6-5-9(18-19-13)7-20-8-11(16(22)23)15(21)10-3-2-4-12(17)14(10)20/h2-6,8H,7H2,1H3,(H,22,23). The SMILES string of the molecule is CS(=O)(=O)c1ccc(Cn2cc(C(=O)O)c(=O)c3cccc(F)c32)nn1. The highest BCUT2D eigenvalue weighted by Gasteiger charge is 2.17. The van der Waals surface area contributed by atoms with E-state index in [4.69, 9.17) is 0 Å². The third kappa shape index (κ3) is 3.18. The van der Waals surface area contributed by atoms with E-state index in [0.29, 0.717) is 0 Å². The number of hydrogen-bond donors (Lipinski definition) is 1. The molecule has 0 saturated carbocycles. The zero-order chi connectivity index (χ0) is 19.1. The molecular formula is C16H12FN3O5S. The first kappa shape index (κ1) is 17.7. The fourth-order valence-corrected chi connectivity index (χ4v) is 3.00. The van der Waals surface area contributed by atoms with Gasteiger partial charge in [-0.05, 0) is 24.3 Å². The Morgan fingerprint density at radius 3 is 2.54 bits per heavy atom. The van der Waals surface area contributed by atoms with Crippen molar-refractivity contribution in [1.82, 2.24) is 14.8 Å². The number of carboxylic acids is 1. The van der Waals surface area contributed by atoms with Crippen LogP contribution in [-0.4, -0.2) is 40.5 Å². The molecule has 0 saturated heterocycles. The predicted molar refractivity (Wildman–Crippen MR) is 89.4 cm³/mol. The molecule has 0 aliphatic heterocycles. The van der Waals surface area contributed by atoms with Crippen LogP contribution >= 0.6 is 0 Å². The number of sulfone groups is 1. The van der Waals surface area contributed by atoms with Crippen LogP contribution < -0.4 is 5.43 Å². The van der Waals surface area contributed by atoms with Gasteiger partial charge in [0.25, 0.3) is 0 Å². The maximum Gasteiger partial charge on any atom is 0.341 e. The van der Waals surface area contributed by atoms with Gasteiger partial charge in [0, 0.05) is 17.8 Å². The van der Waals surface area contributed by atoms with Gasteiger partial charge in [0.15, 0.2) is 14.9 Å². The second-order valence-electron chi connectivity index (χ2n) is 5.58. The maximum absolute atomic E-state index is 14.3. The molecule has 3 rings (SSSR count). The Morgan fingerprint density at radius 1 is 1.23 bits per heavy atom. The monoisotopic (exact) mass is 377 g/mol. The Morgan fingerprint density at radius 2 is 1.96 bits per heavy atom.